The standard InChI is InChI=1S/C15H9Cl4NS/c16-7-1-2-9(11(18)4-7)14-10-3-8(17)5-12(19)15(10)21-13(14)6-20/h1-5H,6,20H2. The van der Waals surface area contributed by atoms with Gasteiger partial charge in [0.2, 0.25) is 0 Å². The van der Waals surface area contributed by atoms with Gasteiger partial charge in [-0.1, -0.05) is 52.5 Å². The van der Waals surface area contributed by atoms with E-state index in [0.29, 0.717) is 26.6 Å². The number of rotatable bonds is 2. The molecule has 0 amide bonds. The third-order valence-corrected chi connectivity index (χ3v) is 5.60. The number of hydrogen-bond acceptors (Lipinski definition) is 2. The lowest BCUT2D eigenvalue weighted by atomic mass is 10.0. The summed E-state index contributed by atoms with van der Waals surface area (Å²) in [5, 5.41) is 3.33. The van der Waals surface area contributed by atoms with Crippen LogP contribution in [0.25, 0.3) is 21.2 Å². The molecule has 0 fully saturated rings. The smallest absolute Gasteiger partial charge is 0.0599 e. The average Bonchev–Trinajstić information content (AvgIpc) is 2.77. The van der Waals surface area contributed by atoms with Crippen LogP contribution in [-0.4, -0.2) is 0 Å². The van der Waals surface area contributed by atoms with Crippen molar-refractivity contribution in [3.63, 3.8) is 0 Å². The van der Waals surface area contributed by atoms with E-state index in [1.807, 2.05) is 12.1 Å². The van der Waals surface area contributed by atoms with Gasteiger partial charge >= 0.3 is 0 Å². The molecule has 21 heavy (non-hydrogen) atoms. The largest absolute Gasteiger partial charge is 0.326 e. The molecule has 0 saturated heterocycles. The van der Waals surface area contributed by atoms with Gasteiger partial charge in [0.25, 0.3) is 0 Å². The number of fused-ring (bicyclic) bond motifs is 1. The molecule has 0 aliphatic carbocycles. The number of nitrogens with two attached hydrogens (primary N) is 1. The minimum absolute atomic E-state index is 0.404. The van der Waals surface area contributed by atoms with Gasteiger partial charge < -0.3 is 5.73 Å². The van der Waals surface area contributed by atoms with E-state index in [0.717, 1.165) is 26.1 Å². The van der Waals surface area contributed by atoms with Crippen molar-refractivity contribution in [2.24, 2.45) is 5.73 Å². The Bertz CT molecular complexity index is 841. The fourth-order valence-electron chi connectivity index (χ4n) is 2.31. The highest BCUT2D eigenvalue weighted by Crippen LogP contribution is 2.45. The molecule has 0 radical (unpaired) electrons. The van der Waals surface area contributed by atoms with Crippen LogP contribution in [0.4, 0.5) is 0 Å². The van der Waals surface area contributed by atoms with E-state index in [1.165, 1.54) is 0 Å². The summed E-state index contributed by atoms with van der Waals surface area (Å²) in [6.07, 6.45) is 0. The molecule has 1 nitrogen and oxygen atoms in total. The number of thiophene rings is 1. The van der Waals surface area contributed by atoms with Crippen LogP contribution in [0, 0.1) is 0 Å². The quantitative estimate of drug-likeness (QED) is 0.532. The zero-order valence-corrected chi connectivity index (χ0v) is 14.4. The minimum Gasteiger partial charge on any atom is -0.326 e. The van der Waals surface area contributed by atoms with E-state index in [1.54, 1.807) is 29.5 Å². The summed E-state index contributed by atoms with van der Waals surface area (Å²) in [6, 6.07) is 9.03. The first-order chi connectivity index (χ1) is 10.0. The molecular formula is C15H9Cl4NS. The Morgan fingerprint density at radius 1 is 0.905 bits per heavy atom. The second kappa shape index (κ2) is 5.96. The number of halogens is 4. The first-order valence-corrected chi connectivity index (χ1v) is 8.40. The molecule has 0 atom stereocenters. The summed E-state index contributed by atoms with van der Waals surface area (Å²) >= 11 is 26.3. The fraction of sp³-hybridized carbons (Fsp3) is 0.0667. The average molecular weight is 377 g/mol. The maximum absolute atomic E-state index is 6.34. The van der Waals surface area contributed by atoms with Gasteiger partial charge in [-0.25, -0.2) is 0 Å². The van der Waals surface area contributed by atoms with Crippen molar-refractivity contribution >= 4 is 67.8 Å². The highest BCUT2D eigenvalue weighted by molar-refractivity contribution is 7.20. The zero-order valence-electron chi connectivity index (χ0n) is 10.6. The minimum atomic E-state index is 0.404. The van der Waals surface area contributed by atoms with Crippen LogP contribution in [-0.2, 0) is 6.54 Å². The van der Waals surface area contributed by atoms with E-state index in [9.17, 15) is 0 Å². The van der Waals surface area contributed by atoms with E-state index < -0.39 is 0 Å². The van der Waals surface area contributed by atoms with Crippen LogP contribution in [0.3, 0.4) is 0 Å². The summed E-state index contributed by atoms with van der Waals surface area (Å²) in [5.41, 5.74) is 7.74. The summed E-state index contributed by atoms with van der Waals surface area (Å²) in [7, 11) is 0. The van der Waals surface area contributed by atoms with Gasteiger partial charge in [0, 0.05) is 43.0 Å². The normalized spacial score (nSPS) is 11.3. The molecule has 3 aromatic rings. The van der Waals surface area contributed by atoms with Gasteiger partial charge in [0.05, 0.1) is 9.72 Å². The molecule has 1 heterocycles. The second-order valence-corrected chi connectivity index (χ2v) is 7.29. The van der Waals surface area contributed by atoms with E-state index in [2.05, 4.69) is 0 Å². The SMILES string of the molecule is NCc1sc2c(Cl)cc(Cl)cc2c1-c1ccc(Cl)cc1Cl. The molecule has 0 spiro atoms. The molecule has 1 aromatic heterocycles. The van der Waals surface area contributed by atoms with Crippen LogP contribution >= 0.6 is 57.7 Å². The Labute approximate surface area is 146 Å². The highest BCUT2D eigenvalue weighted by Gasteiger charge is 2.18. The Morgan fingerprint density at radius 3 is 2.29 bits per heavy atom. The zero-order chi connectivity index (χ0) is 15.1. The van der Waals surface area contributed by atoms with E-state index in [-0.39, 0.29) is 0 Å². The van der Waals surface area contributed by atoms with Gasteiger partial charge in [-0.15, -0.1) is 11.3 Å². The summed E-state index contributed by atoms with van der Waals surface area (Å²) < 4.78 is 0.961. The third-order valence-electron chi connectivity index (χ3n) is 3.17. The first kappa shape index (κ1) is 15.4. The van der Waals surface area contributed by atoms with Crippen molar-refractivity contribution in [1.29, 1.82) is 0 Å². The second-order valence-electron chi connectivity index (χ2n) is 4.49. The first-order valence-electron chi connectivity index (χ1n) is 6.07. The molecule has 108 valence electrons. The van der Waals surface area contributed by atoms with Gasteiger partial charge in [-0.05, 0) is 24.3 Å². The maximum Gasteiger partial charge on any atom is 0.0599 e. The molecule has 2 N–H and O–H groups in total. The van der Waals surface area contributed by atoms with Crippen LogP contribution in [0.15, 0.2) is 30.3 Å². The van der Waals surface area contributed by atoms with Crippen molar-refractivity contribution in [1.82, 2.24) is 0 Å². The monoisotopic (exact) mass is 375 g/mol. The molecule has 0 bridgehead atoms. The van der Waals surface area contributed by atoms with Gasteiger partial charge in [0.15, 0.2) is 0 Å². The topological polar surface area (TPSA) is 26.0 Å². The Hall–Kier alpha value is -0.480. The van der Waals surface area contributed by atoms with Crippen LogP contribution in [0.5, 0.6) is 0 Å². The van der Waals surface area contributed by atoms with Crippen molar-refractivity contribution < 1.29 is 0 Å². The lowest BCUT2D eigenvalue weighted by Crippen LogP contribution is -1.95. The number of hydrogen-bond donors (Lipinski definition) is 1. The van der Waals surface area contributed by atoms with Crippen molar-refractivity contribution in [3.8, 4) is 11.1 Å². The molecule has 3 rings (SSSR count). The van der Waals surface area contributed by atoms with Crippen molar-refractivity contribution in [3.05, 3.63) is 55.3 Å². The van der Waals surface area contributed by atoms with Crippen molar-refractivity contribution in [2.75, 3.05) is 0 Å². The number of benzene rings is 2. The van der Waals surface area contributed by atoms with Gasteiger partial charge in [-0.2, -0.15) is 0 Å². The molecule has 0 saturated carbocycles. The van der Waals surface area contributed by atoms with Gasteiger partial charge in [0.1, 0.15) is 0 Å². The lowest BCUT2D eigenvalue weighted by Gasteiger charge is -2.07. The molecular weight excluding hydrogens is 368 g/mol. The predicted octanol–water partition coefficient (Wildman–Crippen LogP) is 6.64. The van der Waals surface area contributed by atoms with E-state index in [4.69, 9.17) is 52.1 Å². The maximum atomic E-state index is 6.34. The Morgan fingerprint density at radius 2 is 1.62 bits per heavy atom. The summed E-state index contributed by atoms with van der Waals surface area (Å²) in [4.78, 5) is 1.01. The molecule has 6 heteroatoms. The van der Waals surface area contributed by atoms with Crippen LogP contribution < -0.4 is 5.73 Å². The van der Waals surface area contributed by atoms with E-state index >= 15 is 0 Å². The Balaban J connectivity index is 2.40. The van der Waals surface area contributed by atoms with Crippen LogP contribution in [0.2, 0.25) is 20.1 Å². The molecule has 2 aromatic carbocycles. The highest BCUT2D eigenvalue weighted by atomic mass is 35.5. The summed E-state index contributed by atoms with van der Waals surface area (Å²) in [5.74, 6) is 0. The third kappa shape index (κ3) is 2.77. The summed E-state index contributed by atoms with van der Waals surface area (Å²) in [6.45, 7) is 0.404. The Kier molecular flexibility index (Phi) is 4.37. The lowest BCUT2D eigenvalue weighted by molar-refractivity contribution is 1.11. The van der Waals surface area contributed by atoms with Crippen molar-refractivity contribution in [2.45, 2.75) is 6.54 Å². The predicted molar refractivity (Wildman–Crippen MR) is 95.2 cm³/mol. The molecule has 0 aliphatic heterocycles. The van der Waals surface area contributed by atoms with Crippen LogP contribution in [0.1, 0.15) is 4.88 Å². The van der Waals surface area contributed by atoms with Gasteiger partial charge in [-0.3, -0.25) is 0 Å². The fourth-order valence-corrected chi connectivity index (χ4v) is 4.50. The molecule has 0 unspecified atom stereocenters. The molecule has 0 aliphatic rings.